The molecule has 6 nitrogen and oxygen atoms in total. The van der Waals surface area contributed by atoms with E-state index in [9.17, 15) is 4.79 Å². The first-order chi connectivity index (χ1) is 13.6. The maximum Gasteiger partial charge on any atom is 0.298 e. The van der Waals surface area contributed by atoms with Gasteiger partial charge in [0.05, 0.1) is 18.2 Å². The van der Waals surface area contributed by atoms with Crippen LogP contribution >= 0.6 is 11.6 Å². The van der Waals surface area contributed by atoms with Gasteiger partial charge < -0.3 is 14.2 Å². The summed E-state index contributed by atoms with van der Waals surface area (Å²) < 4.78 is 11.0. The summed E-state index contributed by atoms with van der Waals surface area (Å²) >= 11 is 5.99. The van der Waals surface area contributed by atoms with Crippen molar-refractivity contribution in [3.63, 3.8) is 0 Å². The van der Waals surface area contributed by atoms with E-state index in [1.54, 1.807) is 12.5 Å². The Kier molecular flexibility index (Phi) is 5.32. The molecule has 2 N–H and O–H groups in total. The summed E-state index contributed by atoms with van der Waals surface area (Å²) in [5.74, 6) is 1.48. The van der Waals surface area contributed by atoms with E-state index in [2.05, 4.69) is 5.10 Å². The highest BCUT2D eigenvalue weighted by atomic mass is 35.5. The van der Waals surface area contributed by atoms with Gasteiger partial charge >= 0.3 is 0 Å². The summed E-state index contributed by atoms with van der Waals surface area (Å²) in [6.45, 7) is 2.26. The zero-order chi connectivity index (χ0) is 19.5. The van der Waals surface area contributed by atoms with Crippen molar-refractivity contribution in [3.05, 3.63) is 83.2 Å². The molecule has 7 heteroatoms. The summed E-state index contributed by atoms with van der Waals surface area (Å²) in [7, 11) is 0. The SMILES string of the molecule is C[C@H]([NH2+]CC(=O)N1N=C(c2ccc(Cl)cc2)C[C@@H]1c1ccco1)c1ccco1. The van der Waals surface area contributed by atoms with Crippen molar-refractivity contribution in [1.29, 1.82) is 0 Å². The highest BCUT2D eigenvalue weighted by Crippen LogP contribution is 2.33. The van der Waals surface area contributed by atoms with E-state index in [-0.39, 0.29) is 24.5 Å². The maximum absolute atomic E-state index is 13.0. The number of rotatable bonds is 6. The van der Waals surface area contributed by atoms with Crippen molar-refractivity contribution in [2.75, 3.05) is 6.54 Å². The van der Waals surface area contributed by atoms with Crippen molar-refractivity contribution in [3.8, 4) is 0 Å². The molecule has 1 aliphatic heterocycles. The molecule has 4 rings (SSSR count). The number of quaternary nitrogens is 1. The van der Waals surface area contributed by atoms with Gasteiger partial charge in [0.15, 0.2) is 12.3 Å². The minimum Gasteiger partial charge on any atom is -0.467 e. The summed E-state index contributed by atoms with van der Waals surface area (Å²) in [5, 5.41) is 8.76. The van der Waals surface area contributed by atoms with E-state index in [0.29, 0.717) is 11.4 Å². The highest BCUT2D eigenvalue weighted by Gasteiger charge is 2.35. The van der Waals surface area contributed by atoms with Gasteiger partial charge in [0.2, 0.25) is 0 Å². The molecule has 1 amide bonds. The van der Waals surface area contributed by atoms with E-state index in [4.69, 9.17) is 20.4 Å². The third-order valence-corrected chi connectivity index (χ3v) is 5.10. The third-order valence-electron chi connectivity index (χ3n) is 4.85. The molecule has 0 spiro atoms. The van der Waals surface area contributed by atoms with Crippen LogP contribution < -0.4 is 5.32 Å². The monoisotopic (exact) mass is 398 g/mol. The van der Waals surface area contributed by atoms with Crippen molar-refractivity contribution in [2.24, 2.45) is 5.10 Å². The van der Waals surface area contributed by atoms with Crippen LogP contribution in [0.25, 0.3) is 0 Å². The molecule has 0 bridgehead atoms. The predicted molar refractivity (Wildman–Crippen MR) is 105 cm³/mol. The Morgan fingerprint density at radius 3 is 2.64 bits per heavy atom. The van der Waals surface area contributed by atoms with Crippen LogP contribution in [0.15, 0.2) is 75.0 Å². The number of hydrogen-bond acceptors (Lipinski definition) is 4. The molecule has 0 radical (unpaired) electrons. The quantitative estimate of drug-likeness (QED) is 0.690. The lowest BCUT2D eigenvalue weighted by molar-refractivity contribution is -0.685. The van der Waals surface area contributed by atoms with Crippen LogP contribution in [0.2, 0.25) is 5.02 Å². The first-order valence-electron chi connectivity index (χ1n) is 9.17. The highest BCUT2D eigenvalue weighted by molar-refractivity contribution is 6.30. The fourth-order valence-corrected chi connectivity index (χ4v) is 3.42. The van der Waals surface area contributed by atoms with Gasteiger partial charge in [-0.05, 0) is 48.9 Å². The summed E-state index contributed by atoms with van der Waals surface area (Å²) in [5.41, 5.74) is 1.79. The number of nitrogens with zero attached hydrogens (tertiary/aromatic N) is 2. The number of carbonyl (C=O) groups excluding carboxylic acids is 1. The number of hydrazone groups is 1. The molecular formula is C21H21ClN3O3+. The number of benzene rings is 1. The minimum absolute atomic E-state index is 0.0448. The second-order valence-electron chi connectivity index (χ2n) is 6.77. The summed E-state index contributed by atoms with van der Waals surface area (Å²) in [6.07, 6.45) is 3.84. The molecule has 144 valence electrons. The average Bonchev–Trinajstić information content (AvgIpc) is 3.47. The van der Waals surface area contributed by atoms with Crippen molar-refractivity contribution < 1.29 is 18.9 Å². The molecule has 2 atom stereocenters. The fourth-order valence-electron chi connectivity index (χ4n) is 3.30. The fraction of sp³-hybridized carbons (Fsp3) is 0.238. The van der Waals surface area contributed by atoms with Crippen LogP contribution in [0.4, 0.5) is 0 Å². The molecule has 0 saturated heterocycles. The maximum atomic E-state index is 13.0. The van der Waals surface area contributed by atoms with E-state index in [1.807, 2.05) is 60.8 Å². The summed E-state index contributed by atoms with van der Waals surface area (Å²) in [4.78, 5) is 13.0. The van der Waals surface area contributed by atoms with E-state index >= 15 is 0 Å². The van der Waals surface area contributed by atoms with E-state index < -0.39 is 0 Å². The van der Waals surface area contributed by atoms with E-state index in [1.165, 1.54) is 5.01 Å². The molecule has 1 aromatic carbocycles. The van der Waals surface area contributed by atoms with Crippen LogP contribution in [0.1, 0.15) is 42.5 Å². The lowest BCUT2D eigenvalue weighted by Crippen LogP contribution is -2.86. The molecule has 0 fully saturated rings. The zero-order valence-corrected chi connectivity index (χ0v) is 16.2. The Morgan fingerprint density at radius 2 is 1.96 bits per heavy atom. The van der Waals surface area contributed by atoms with Gasteiger partial charge in [0.25, 0.3) is 5.91 Å². The molecule has 3 aromatic rings. The molecule has 2 aromatic heterocycles. The minimum atomic E-state index is -0.250. The van der Waals surface area contributed by atoms with Crippen LogP contribution in [-0.4, -0.2) is 23.2 Å². The Labute approximate surface area is 167 Å². The lowest BCUT2D eigenvalue weighted by atomic mass is 10.0. The molecule has 0 aliphatic carbocycles. The smallest absolute Gasteiger partial charge is 0.298 e. The number of amides is 1. The van der Waals surface area contributed by atoms with Crippen molar-refractivity contribution in [2.45, 2.75) is 25.4 Å². The van der Waals surface area contributed by atoms with Crippen LogP contribution in [0.5, 0.6) is 0 Å². The van der Waals surface area contributed by atoms with Crippen LogP contribution in [-0.2, 0) is 4.79 Å². The first-order valence-corrected chi connectivity index (χ1v) is 9.55. The second kappa shape index (κ2) is 8.04. The molecule has 3 heterocycles. The number of furan rings is 2. The number of halogens is 1. The second-order valence-corrected chi connectivity index (χ2v) is 7.21. The Hall–Kier alpha value is -2.83. The third kappa shape index (κ3) is 3.88. The number of carbonyl (C=O) groups is 1. The van der Waals surface area contributed by atoms with Gasteiger partial charge in [-0.15, -0.1) is 0 Å². The molecule has 0 unspecified atom stereocenters. The lowest BCUT2D eigenvalue weighted by Gasteiger charge is -2.19. The van der Waals surface area contributed by atoms with Crippen LogP contribution in [0.3, 0.4) is 0 Å². The molecular weight excluding hydrogens is 378 g/mol. The van der Waals surface area contributed by atoms with Crippen molar-refractivity contribution >= 4 is 23.2 Å². The largest absolute Gasteiger partial charge is 0.467 e. The predicted octanol–water partition coefficient (Wildman–Crippen LogP) is 3.53. The van der Waals surface area contributed by atoms with Gasteiger partial charge in [-0.3, -0.25) is 4.79 Å². The number of hydrogen-bond donors (Lipinski definition) is 1. The number of nitrogens with two attached hydrogens (primary N) is 1. The summed E-state index contributed by atoms with van der Waals surface area (Å²) in [6, 6.07) is 14.7. The van der Waals surface area contributed by atoms with Gasteiger partial charge in [-0.2, -0.15) is 5.10 Å². The normalized spacial score (nSPS) is 17.6. The van der Waals surface area contributed by atoms with E-state index in [0.717, 1.165) is 22.8 Å². The Bertz CT molecular complexity index is 949. The molecule has 0 saturated carbocycles. The first kappa shape index (κ1) is 18.5. The molecule has 28 heavy (non-hydrogen) atoms. The standard InChI is InChI=1S/C21H20ClN3O3/c1-14(19-4-2-10-27-19)23-13-21(26)25-18(20-5-3-11-28-20)12-17(24-25)15-6-8-16(22)9-7-15/h2-11,14,18,23H,12-13H2,1H3/p+1/t14-,18+/m0/s1. The van der Waals surface area contributed by atoms with Gasteiger partial charge in [0, 0.05) is 11.4 Å². The van der Waals surface area contributed by atoms with Gasteiger partial charge in [-0.25, -0.2) is 5.01 Å². The molecule has 1 aliphatic rings. The van der Waals surface area contributed by atoms with Crippen molar-refractivity contribution in [1.82, 2.24) is 5.01 Å². The zero-order valence-electron chi connectivity index (χ0n) is 15.4. The average molecular weight is 399 g/mol. The van der Waals surface area contributed by atoms with Gasteiger partial charge in [-0.1, -0.05) is 23.7 Å². The van der Waals surface area contributed by atoms with Gasteiger partial charge in [0.1, 0.15) is 17.8 Å². The topological polar surface area (TPSA) is 75.6 Å². The Balaban J connectivity index is 1.52. The van der Waals surface area contributed by atoms with Crippen LogP contribution in [0, 0.1) is 0 Å². The Morgan fingerprint density at radius 1 is 1.21 bits per heavy atom.